The zero-order valence-corrected chi connectivity index (χ0v) is 9.09. The normalized spacial score (nSPS) is 14.8. The largest absolute Gasteiger partial charge is 0.474 e. The van der Waals surface area contributed by atoms with Crippen molar-refractivity contribution in [3.8, 4) is 11.3 Å². The van der Waals surface area contributed by atoms with E-state index in [1.54, 1.807) is 0 Å². The topological polar surface area (TPSA) is 63.3 Å². The zero-order chi connectivity index (χ0) is 11.8. The predicted octanol–water partition coefficient (Wildman–Crippen LogP) is 2.92. The third kappa shape index (κ3) is 1.82. The van der Waals surface area contributed by atoms with Gasteiger partial charge in [-0.1, -0.05) is 24.3 Å². The molecule has 1 aliphatic carbocycles. The summed E-state index contributed by atoms with van der Waals surface area (Å²) in [6, 6.07) is 7.92. The SMILES string of the molecule is O=C(O)c1ncc(-c2ccccc2C2CC2)o1. The molecule has 0 atom stereocenters. The molecule has 1 heterocycles. The van der Waals surface area contributed by atoms with E-state index >= 15 is 0 Å². The molecular weight excluding hydrogens is 218 g/mol. The van der Waals surface area contributed by atoms with Crippen LogP contribution in [0.5, 0.6) is 0 Å². The van der Waals surface area contributed by atoms with Crippen molar-refractivity contribution in [2.45, 2.75) is 18.8 Å². The van der Waals surface area contributed by atoms with Crippen molar-refractivity contribution in [3.63, 3.8) is 0 Å². The second-order valence-electron chi connectivity index (χ2n) is 4.20. The monoisotopic (exact) mass is 229 g/mol. The number of aromatic nitrogens is 1. The Morgan fingerprint density at radius 3 is 2.76 bits per heavy atom. The van der Waals surface area contributed by atoms with Crippen LogP contribution in [-0.4, -0.2) is 16.1 Å². The Morgan fingerprint density at radius 2 is 2.12 bits per heavy atom. The lowest BCUT2D eigenvalue weighted by Gasteiger charge is -2.04. The number of nitrogens with zero attached hydrogens (tertiary/aromatic N) is 1. The molecule has 0 saturated heterocycles. The fourth-order valence-corrected chi connectivity index (χ4v) is 1.97. The van der Waals surface area contributed by atoms with Crippen LogP contribution in [0.2, 0.25) is 0 Å². The van der Waals surface area contributed by atoms with Gasteiger partial charge in [0.2, 0.25) is 0 Å². The highest BCUT2D eigenvalue weighted by molar-refractivity contribution is 5.82. The Labute approximate surface area is 97.9 Å². The molecule has 1 fully saturated rings. The molecule has 4 nitrogen and oxygen atoms in total. The Bertz CT molecular complexity index is 570. The molecule has 0 amide bonds. The van der Waals surface area contributed by atoms with E-state index < -0.39 is 5.97 Å². The van der Waals surface area contributed by atoms with Gasteiger partial charge in [0.15, 0.2) is 5.76 Å². The summed E-state index contributed by atoms with van der Waals surface area (Å²) >= 11 is 0. The molecule has 0 bridgehead atoms. The summed E-state index contributed by atoms with van der Waals surface area (Å²) in [5, 5.41) is 8.78. The molecule has 86 valence electrons. The fraction of sp³-hybridized carbons (Fsp3) is 0.231. The van der Waals surface area contributed by atoms with E-state index in [1.165, 1.54) is 24.6 Å². The summed E-state index contributed by atoms with van der Waals surface area (Å²) in [7, 11) is 0. The van der Waals surface area contributed by atoms with Crippen LogP contribution in [-0.2, 0) is 0 Å². The standard InChI is InChI=1S/C13H11NO3/c15-13(16)12-14-7-11(17-12)10-4-2-1-3-9(10)8-5-6-8/h1-4,7-8H,5-6H2,(H,15,16). The van der Waals surface area contributed by atoms with Gasteiger partial charge in [-0.15, -0.1) is 0 Å². The van der Waals surface area contributed by atoms with Gasteiger partial charge < -0.3 is 9.52 Å². The van der Waals surface area contributed by atoms with Crippen molar-refractivity contribution in [3.05, 3.63) is 41.9 Å². The molecule has 1 aliphatic rings. The average Bonchev–Trinajstić information content (AvgIpc) is 3.06. The number of oxazole rings is 1. The van der Waals surface area contributed by atoms with Crippen molar-refractivity contribution in [2.24, 2.45) is 0 Å². The Hall–Kier alpha value is -2.10. The molecule has 17 heavy (non-hydrogen) atoms. The van der Waals surface area contributed by atoms with Crippen LogP contribution in [0.3, 0.4) is 0 Å². The molecule has 4 heteroatoms. The second kappa shape index (κ2) is 3.73. The van der Waals surface area contributed by atoms with E-state index in [2.05, 4.69) is 11.1 Å². The smallest absolute Gasteiger partial charge is 0.392 e. The predicted molar refractivity (Wildman–Crippen MR) is 60.9 cm³/mol. The number of carbonyl (C=O) groups is 1. The van der Waals surface area contributed by atoms with Crippen molar-refractivity contribution in [1.29, 1.82) is 0 Å². The van der Waals surface area contributed by atoms with Crippen LogP contribution >= 0.6 is 0 Å². The Balaban J connectivity index is 2.05. The molecule has 0 radical (unpaired) electrons. The summed E-state index contributed by atoms with van der Waals surface area (Å²) in [5.41, 5.74) is 2.18. The number of carboxylic acid groups (broad SMARTS) is 1. The molecule has 1 N–H and O–H groups in total. The first-order chi connectivity index (χ1) is 8.25. The lowest BCUT2D eigenvalue weighted by Crippen LogP contribution is -1.94. The summed E-state index contributed by atoms with van der Waals surface area (Å²) in [5.74, 6) is -0.278. The maximum atomic E-state index is 10.7. The van der Waals surface area contributed by atoms with Crippen LogP contribution in [0.15, 0.2) is 34.9 Å². The van der Waals surface area contributed by atoms with Crippen LogP contribution in [0.1, 0.15) is 35.0 Å². The molecule has 1 aromatic heterocycles. The van der Waals surface area contributed by atoms with Crippen LogP contribution in [0.25, 0.3) is 11.3 Å². The van der Waals surface area contributed by atoms with Gasteiger partial charge in [0.05, 0.1) is 6.20 Å². The molecule has 3 rings (SSSR count). The van der Waals surface area contributed by atoms with Crippen LogP contribution in [0, 0.1) is 0 Å². The quantitative estimate of drug-likeness (QED) is 0.878. The van der Waals surface area contributed by atoms with Crippen molar-refractivity contribution in [1.82, 2.24) is 4.98 Å². The molecular formula is C13H11NO3. The molecule has 1 aromatic carbocycles. The van der Waals surface area contributed by atoms with E-state index in [1.807, 2.05) is 18.2 Å². The molecule has 0 aliphatic heterocycles. The first-order valence-electron chi connectivity index (χ1n) is 5.54. The molecule has 0 spiro atoms. The first-order valence-corrected chi connectivity index (χ1v) is 5.54. The lowest BCUT2D eigenvalue weighted by molar-refractivity contribution is 0.0654. The number of benzene rings is 1. The van der Waals surface area contributed by atoms with E-state index in [0.29, 0.717) is 11.7 Å². The van der Waals surface area contributed by atoms with Gasteiger partial charge in [-0.05, 0) is 24.3 Å². The van der Waals surface area contributed by atoms with Gasteiger partial charge in [-0.25, -0.2) is 9.78 Å². The van der Waals surface area contributed by atoms with E-state index in [-0.39, 0.29) is 5.89 Å². The minimum atomic E-state index is -1.14. The highest BCUT2D eigenvalue weighted by Gasteiger charge is 2.27. The summed E-state index contributed by atoms with van der Waals surface area (Å²) in [4.78, 5) is 14.5. The van der Waals surface area contributed by atoms with Crippen molar-refractivity contribution >= 4 is 5.97 Å². The molecule has 2 aromatic rings. The van der Waals surface area contributed by atoms with Gasteiger partial charge in [0.1, 0.15) is 0 Å². The summed E-state index contributed by atoms with van der Waals surface area (Å²) < 4.78 is 5.24. The van der Waals surface area contributed by atoms with Crippen LogP contribution < -0.4 is 0 Å². The van der Waals surface area contributed by atoms with Gasteiger partial charge in [-0.2, -0.15) is 0 Å². The number of hydrogen-bond donors (Lipinski definition) is 1. The Morgan fingerprint density at radius 1 is 1.35 bits per heavy atom. The van der Waals surface area contributed by atoms with E-state index in [0.717, 1.165) is 5.56 Å². The number of aromatic carboxylic acids is 1. The van der Waals surface area contributed by atoms with Gasteiger partial charge in [-0.3, -0.25) is 0 Å². The fourth-order valence-electron chi connectivity index (χ4n) is 1.97. The summed E-state index contributed by atoms with van der Waals surface area (Å²) in [6.45, 7) is 0. The highest BCUT2D eigenvalue weighted by atomic mass is 16.4. The Kier molecular flexibility index (Phi) is 2.21. The zero-order valence-electron chi connectivity index (χ0n) is 9.09. The third-order valence-electron chi connectivity index (χ3n) is 2.93. The number of rotatable bonds is 3. The molecule has 0 unspecified atom stereocenters. The third-order valence-corrected chi connectivity index (χ3v) is 2.93. The van der Waals surface area contributed by atoms with Crippen molar-refractivity contribution < 1.29 is 14.3 Å². The van der Waals surface area contributed by atoms with Gasteiger partial charge in [0, 0.05) is 5.56 Å². The maximum absolute atomic E-state index is 10.7. The van der Waals surface area contributed by atoms with Crippen LogP contribution in [0.4, 0.5) is 0 Å². The lowest BCUT2D eigenvalue weighted by atomic mass is 10.0. The maximum Gasteiger partial charge on any atom is 0.392 e. The van der Waals surface area contributed by atoms with Gasteiger partial charge in [0.25, 0.3) is 0 Å². The minimum absolute atomic E-state index is 0.259. The average molecular weight is 229 g/mol. The summed E-state index contributed by atoms with van der Waals surface area (Å²) in [6.07, 6.45) is 3.86. The number of carboxylic acids is 1. The first kappa shape index (κ1) is 10.1. The minimum Gasteiger partial charge on any atom is -0.474 e. The number of hydrogen-bond acceptors (Lipinski definition) is 3. The highest BCUT2D eigenvalue weighted by Crippen LogP contribution is 2.44. The van der Waals surface area contributed by atoms with Gasteiger partial charge >= 0.3 is 11.9 Å². The van der Waals surface area contributed by atoms with Crippen molar-refractivity contribution in [2.75, 3.05) is 0 Å². The second-order valence-corrected chi connectivity index (χ2v) is 4.20. The van der Waals surface area contributed by atoms with E-state index in [4.69, 9.17) is 9.52 Å². The molecule has 1 saturated carbocycles. The van der Waals surface area contributed by atoms with E-state index in [9.17, 15) is 4.79 Å².